The molecule has 3 rings (SSSR count). The molecule has 6 nitrogen and oxygen atoms in total. The van der Waals surface area contributed by atoms with Crippen molar-refractivity contribution in [3.8, 4) is 11.3 Å². The normalized spacial score (nSPS) is 10.6. The quantitative estimate of drug-likeness (QED) is 0.573. The first kappa shape index (κ1) is 18.8. The molecule has 2 N–H and O–H groups in total. The number of aryl methyl sites for hydroxylation is 1. The highest BCUT2D eigenvalue weighted by Crippen LogP contribution is 2.22. The van der Waals surface area contributed by atoms with Crippen molar-refractivity contribution in [3.63, 3.8) is 0 Å². The monoisotopic (exact) mass is 383 g/mol. The minimum absolute atomic E-state index is 0.120. The van der Waals surface area contributed by atoms with Gasteiger partial charge in [-0.1, -0.05) is 36.3 Å². The van der Waals surface area contributed by atoms with Crippen molar-refractivity contribution in [3.05, 3.63) is 58.3 Å². The lowest BCUT2D eigenvalue weighted by atomic mass is 10.1. The van der Waals surface area contributed by atoms with Gasteiger partial charge in [0.15, 0.2) is 0 Å². The fourth-order valence-electron chi connectivity index (χ4n) is 2.53. The molecule has 0 spiro atoms. The number of anilines is 1. The third-order valence-electron chi connectivity index (χ3n) is 4.08. The molecule has 2 aromatic heterocycles. The number of hydrogen-bond donors (Lipinski definition) is 2. The van der Waals surface area contributed by atoms with Crippen LogP contribution in [0, 0.1) is 0 Å². The predicted molar refractivity (Wildman–Crippen MR) is 106 cm³/mol. The number of aromatic nitrogens is 1. The third kappa shape index (κ3) is 5.27. The summed E-state index contributed by atoms with van der Waals surface area (Å²) in [6, 6.07) is 11.5. The second-order valence-corrected chi connectivity index (χ2v) is 6.83. The van der Waals surface area contributed by atoms with Crippen LogP contribution in [-0.4, -0.2) is 23.5 Å². The molecule has 0 atom stereocenters. The molecule has 0 aliphatic carbocycles. The summed E-state index contributed by atoms with van der Waals surface area (Å²) in [7, 11) is 0. The molecule has 0 radical (unpaired) electrons. The van der Waals surface area contributed by atoms with Gasteiger partial charge in [-0.2, -0.15) is 11.3 Å². The first-order valence-corrected chi connectivity index (χ1v) is 9.76. The molecule has 0 fully saturated rings. The Labute approximate surface area is 161 Å². The summed E-state index contributed by atoms with van der Waals surface area (Å²) >= 11 is 1.47. The van der Waals surface area contributed by atoms with E-state index in [1.54, 1.807) is 17.5 Å². The molecule has 2 heterocycles. The summed E-state index contributed by atoms with van der Waals surface area (Å²) in [6.45, 7) is 2.54. The number of amides is 2. The maximum atomic E-state index is 12.0. The van der Waals surface area contributed by atoms with Crippen LogP contribution in [0.15, 0.2) is 51.7 Å². The molecule has 0 bridgehead atoms. The number of hydrogen-bond acceptors (Lipinski definition) is 5. The van der Waals surface area contributed by atoms with Crippen LogP contribution in [-0.2, 0) is 11.2 Å². The zero-order valence-corrected chi connectivity index (χ0v) is 15.8. The number of carbonyl (C=O) groups excluding carboxylic acids is 2. The third-order valence-corrected chi connectivity index (χ3v) is 4.76. The van der Waals surface area contributed by atoms with Crippen LogP contribution in [0.1, 0.15) is 35.7 Å². The predicted octanol–water partition coefficient (Wildman–Crippen LogP) is 4.11. The van der Waals surface area contributed by atoms with Crippen molar-refractivity contribution in [1.29, 1.82) is 0 Å². The first-order chi connectivity index (χ1) is 13.2. The van der Waals surface area contributed by atoms with E-state index in [2.05, 4.69) is 22.7 Å². The summed E-state index contributed by atoms with van der Waals surface area (Å²) in [5.41, 5.74) is 3.51. The number of nitrogens with one attached hydrogen (secondary N) is 2. The summed E-state index contributed by atoms with van der Waals surface area (Å²) in [4.78, 5) is 23.8. The van der Waals surface area contributed by atoms with E-state index in [9.17, 15) is 9.59 Å². The average Bonchev–Trinajstić information content (AvgIpc) is 3.37. The number of rotatable bonds is 8. The van der Waals surface area contributed by atoms with Gasteiger partial charge in [-0.25, -0.2) is 0 Å². The minimum atomic E-state index is -0.177. The molecular formula is C20H21N3O3S. The van der Waals surface area contributed by atoms with Crippen molar-refractivity contribution in [2.75, 3.05) is 11.9 Å². The Morgan fingerprint density at radius 2 is 2.00 bits per heavy atom. The highest BCUT2D eigenvalue weighted by molar-refractivity contribution is 7.08. The van der Waals surface area contributed by atoms with Gasteiger partial charge in [-0.05, 0) is 29.9 Å². The molecule has 7 heteroatoms. The van der Waals surface area contributed by atoms with Gasteiger partial charge in [-0.15, -0.1) is 0 Å². The van der Waals surface area contributed by atoms with Crippen LogP contribution >= 0.6 is 11.3 Å². The molecule has 0 aliphatic rings. The van der Waals surface area contributed by atoms with Crippen molar-refractivity contribution in [2.24, 2.45) is 0 Å². The second kappa shape index (κ2) is 9.14. The highest BCUT2D eigenvalue weighted by Gasteiger charge is 2.10. The summed E-state index contributed by atoms with van der Waals surface area (Å²) in [6.07, 6.45) is 1.81. The Hall–Kier alpha value is -2.93. The lowest BCUT2D eigenvalue weighted by molar-refractivity contribution is -0.116. The standard InChI is InChI=1S/C20H21N3O3S/c1-2-14-5-7-15(8-6-14)17-12-19(26-23-17)22-18(24)4-3-10-21-20(25)16-9-11-27-13-16/h5-9,11-13H,2-4,10H2,1H3,(H,21,25)(H,22,24). The van der Waals surface area contributed by atoms with Gasteiger partial charge in [0.05, 0.1) is 0 Å². The summed E-state index contributed by atoms with van der Waals surface area (Å²) in [5.74, 6) is 0.0197. The van der Waals surface area contributed by atoms with E-state index < -0.39 is 0 Å². The van der Waals surface area contributed by atoms with E-state index in [4.69, 9.17) is 4.52 Å². The van der Waals surface area contributed by atoms with E-state index in [0.29, 0.717) is 30.1 Å². The SMILES string of the molecule is CCc1ccc(-c2cc(NC(=O)CCCNC(=O)c3ccsc3)on2)cc1. The Morgan fingerprint density at radius 3 is 2.70 bits per heavy atom. The Morgan fingerprint density at radius 1 is 1.19 bits per heavy atom. The second-order valence-electron chi connectivity index (χ2n) is 6.05. The smallest absolute Gasteiger partial charge is 0.252 e. The topological polar surface area (TPSA) is 84.2 Å². The van der Waals surface area contributed by atoms with E-state index in [1.165, 1.54) is 16.9 Å². The van der Waals surface area contributed by atoms with Crippen LogP contribution in [0.3, 0.4) is 0 Å². The Balaban J connectivity index is 1.43. The average molecular weight is 383 g/mol. The largest absolute Gasteiger partial charge is 0.352 e. The fraction of sp³-hybridized carbons (Fsp3) is 0.250. The lowest BCUT2D eigenvalue weighted by Gasteiger charge is -2.03. The molecule has 1 aromatic carbocycles. The summed E-state index contributed by atoms with van der Waals surface area (Å²) < 4.78 is 5.19. The van der Waals surface area contributed by atoms with Gasteiger partial charge in [0.25, 0.3) is 5.91 Å². The molecule has 0 saturated heterocycles. The number of nitrogens with zero attached hydrogens (tertiary/aromatic N) is 1. The van der Waals surface area contributed by atoms with E-state index in [1.807, 2.05) is 29.6 Å². The molecule has 3 aromatic rings. The molecule has 0 saturated carbocycles. The zero-order chi connectivity index (χ0) is 19.1. The van der Waals surface area contributed by atoms with E-state index in [-0.39, 0.29) is 18.2 Å². The lowest BCUT2D eigenvalue weighted by Crippen LogP contribution is -2.25. The van der Waals surface area contributed by atoms with Gasteiger partial charge in [0, 0.05) is 35.5 Å². The van der Waals surface area contributed by atoms with Crippen molar-refractivity contribution < 1.29 is 14.1 Å². The Bertz CT molecular complexity index is 886. The Kier molecular flexibility index (Phi) is 6.38. The molecular weight excluding hydrogens is 362 g/mol. The maximum Gasteiger partial charge on any atom is 0.252 e. The molecule has 140 valence electrons. The molecule has 0 unspecified atom stereocenters. The number of carbonyl (C=O) groups is 2. The van der Waals surface area contributed by atoms with Gasteiger partial charge >= 0.3 is 0 Å². The van der Waals surface area contributed by atoms with Crippen molar-refractivity contribution >= 4 is 29.0 Å². The highest BCUT2D eigenvalue weighted by atomic mass is 32.1. The molecule has 2 amide bonds. The van der Waals surface area contributed by atoms with E-state index >= 15 is 0 Å². The van der Waals surface area contributed by atoms with E-state index in [0.717, 1.165) is 12.0 Å². The van der Waals surface area contributed by atoms with Crippen LogP contribution in [0.25, 0.3) is 11.3 Å². The van der Waals surface area contributed by atoms with Crippen LogP contribution in [0.2, 0.25) is 0 Å². The molecule has 27 heavy (non-hydrogen) atoms. The first-order valence-electron chi connectivity index (χ1n) is 8.82. The minimum Gasteiger partial charge on any atom is -0.352 e. The fourth-order valence-corrected chi connectivity index (χ4v) is 3.16. The maximum absolute atomic E-state index is 12.0. The number of benzene rings is 1. The van der Waals surface area contributed by atoms with Crippen molar-refractivity contribution in [2.45, 2.75) is 26.2 Å². The summed E-state index contributed by atoms with van der Waals surface area (Å²) in [5, 5.41) is 13.1. The number of thiophene rings is 1. The van der Waals surface area contributed by atoms with Crippen LogP contribution in [0.4, 0.5) is 5.88 Å². The van der Waals surface area contributed by atoms with Gasteiger partial charge in [0.2, 0.25) is 11.8 Å². The van der Waals surface area contributed by atoms with Crippen LogP contribution in [0.5, 0.6) is 0 Å². The van der Waals surface area contributed by atoms with Crippen molar-refractivity contribution in [1.82, 2.24) is 10.5 Å². The zero-order valence-electron chi connectivity index (χ0n) is 15.0. The van der Waals surface area contributed by atoms with Gasteiger partial charge in [0.1, 0.15) is 5.69 Å². The van der Waals surface area contributed by atoms with Crippen LogP contribution < -0.4 is 10.6 Å². The van der Waals surface area contributed by atoms with Gasteiger partial charge < -0.3 is 9.84 Å². The van der Waals surface area contributed by atoms with Gasteiger partial charge in [-0.3, -0.25) is 14.9 Å². The molecule has 0 aliphatic heterocycles.